The molecule has 0 aliphatic carbocycles. The second-order valence-electron chi connectivity index (χ2n) is 9.13. The van der Waals surface area contributed by atoms with E-state index in [0.717, 1.165) is 17.1 Å². The minimum absolute atomic E-state index is 0.180. The lowest BCUT2D eigenvalue weighted by atomic mass is 10.0. The van der Waals surface area contributed by atoms with E-state index in [1.807, 2.05) is 0 Å². The molecule has 1 aliphatic rings. The lowest BCUT2D eigenvalue weighted by Gasteiger charge is -2.16. The van der Waals surface area contributed by atoms with Crippen LogP contribution < -0.4 is 21.5 Å². The number of amidine groups is 1. The van der Waals surface area contributed by atoms with E-state index < -0.39 is 41.1 Å². The largest absolute Gasteiger partial charge is 0.507 e. The number of benzene rings is 4. The minimum Gasteiger partial charge on any atom is -0.507 e. The molecule has 1 aliphatic heterocycles. The van der Waals surface area contributed by atoms with Gasteiger partial charge in [0.2, 0.25) is 0 Å². The summed E-state index contributed by atoms with van der Waals surface area (Å²) in [6.45, 7) is 0. The predicted octanol–water partition coefficient (Wildman–Crippen LogP) is 4.22. The van der Waals surface area contributed by atoms with Crippen LogP contribution in [0, 0.1) is 5.92 Å². The average Bonchev–Trinajstić information content (AvgIpc) is 3.26. The van der Waals surface area contributed by atoms with Crippen LogP contribution in [0.25, 0.3) is 10.8 Å². The highest BCUT2D eigenvalue weighted by Crippen LogP contribution is 2.31. The van der Waals surface area contributed by atoms with Crippen LogP contribution in [0.1, 0.15) is 15.9 Å². The number of hydrazone groups is 2. The third-order valence-electron chi connectivity index (χ3n) is 6.31. The van der Waals surface area contributed by atoms with Gasteiger partial charge < -0.3 is 16.2 Å². The van der Waals surface area contributed by atoms with Gasteiger partial charge >= 0.3 is 6.18 Å². The van der Waals surface area contributed by atoms with Crippen molar-refractivity contribution in [1.29, 1.82) is 0 Å². The van der Waals surface area contributed by atoms with Crippen LogP contribution in [-0.4, -0.2) is 34.4 Å². The van der Waals surface area contributed by atoms with E-state index in [1.165, 1.54) is 18.2 Å². The molecule has 0 bridgehead atoms. The Balaban J connectivity index is 1.49. The summed E-state index contributed by atoms with van der Waals surface area (Å²) in [4.78, 5) is 39.8. The monoisotopic (exact) mass is 574 g/mol. The number of hydrogen-bond acceptors (Lipinski definition) is 7. The van der Waals surface area contributed by atoms with Crippen LogP contribution in [0.5, 0.6) is 5.75 Å². The van der Waals surface area contributed by atoms with Gasteiger partial charge in [-0.1, -0.05) is 48.5 Å². The van der Waals surface area contributed by atoms with E-state index in [9.17, 15) is 32.7 Å². The number of amides is 3. The van der Waals surface area contributed by atoms with Crippen molar-refractivity contribution in [3.8, 4) is 5.75 Å². The summed E-state index contributed by atoms with van der Waals surface area (Å²) in [5.74, 6) is -5.15. The number of nitrogens with one attached hydrogen (secondary N) is 2. The number of alkyl halides is 3. The first kappa shape index (κ1) is 27.8. The van der Waals surface area contributed by atoms with Gasteiger partial charge in [0.15, 0.2) is 0 Å². The number of aromatic hydroxyl groups is 1. The third-order valence-corrected chi connectivity index (χ3v) is 6.31. The number of carbonyl (C=O) groups excluding carboxylic acids is 3. The molecule has 10 nitrogen and oxygen atoms in total. The molecular formula is C29H21F3N6O4. The summed E-state index contributed by atoms with van der Waals surface area (Å²) >= 11 is 0. The number of phenols is 1. The Labute approximate surface area is 235 Å². The minimum atomic E-state index is -4.68. The van der Waals surface area contributed by atoms with Crippen LogP contribution >= 0.6 is 0 Å². The Kier molecular flexibility index (Phi) is 7.32. The van der Waals surface area contributed by atoms with Crippen LogP contribution in [0.2, 0.25) is 0 Å². The zero-order chi connectivity index (χ0) is 30.0. The van der Waals surface area contributed by atoms with Crippen LogP contribution in [-0.2, 0) is 15.8 Å². The standard InChI is InChI=1S/C29H21F3N6O4/c30-29(31,32)18-9-6-10-19(15-18)34-27(41)24(23-25(33)37-38(28(23)42)20-11-2-1-3-12-20)35-36-26(40)21-13-16-7-4-5-8-17(16)14-22(21)39/h1-15,23,39H,(H2,33,37)(H,34,41)(H,36,40)/b35-24+. The highest BCUT2D eigenvalue weighted by molar-refractivity contribution is 6.52. The maximum absolute atomic E-state index is 13.4. The number of phenolic OH excluding ortho intramolecular Hbond substituents is 1. The van der Waals surface area contributed by atoms with Crippen molar-refractivity contribution in [1.82, 2.24) is 5.43 Å². The molecule has 0 saturated heterocycles. The molecule has 13 heteroatoms. The van der Waals surface area contributed by atoms with Gasteiger partial charge in [-0.15, -0.1) is 0 Å². The number of rotatable bonds is 6. The lowest BCUT2D eigenvalue weighted by Crippen LogP contribution is -2.43. The van der Waals surface area contributed by atoms with E-state index in [-0.39, 0.29) is 22.8 Å². The van der Waals surface area contributed by atoms with Crippen molar-refractivity contribution in [3.63, 3.8) is 0 Å². The number of hydrogen-bond donors (Lipinski definition) is 4. The van der Waals surface area contributed by atoms with Gasteiger partial charge in [-0.3, -0.25) is 14.4 Å². The fourth-order valence-electron chi connectivity index (χ4n) is 4.28. The second kappa shape index (κ2) is 11.0. The van der Waals surface area contributed by atoms with E-state index in [4.69, 9.17) is 5.73 Å². The Hall–Kier alpha value is -5.72. The van der Waals surface area contributed by atoms with Gasteiger partial charge in [0.05, 0.1) is 16.8 Å². The summed E-state index contributed by atoms with van der Waals surface area (Å²) < 4.78 is 39.7. The summed E-state index contributed by atoms with van der Waals surface area (Å²) in [6, 6.07) is 21.7. The molecule has 5 rings (SSSR count). The number of nitrogens with two attached hydrogens (primary N) is 1. The molecule has 1 heterocycles. The molecule has 0 radical (unpaired) electrons. The van der Waals surface area contributed by atoms with Crippen molar-refractivity contribution < 1.29 is 32.7 Å². The lowest BCUT2D eigenvalue weighted by molar-refractivity contribution is -0.137. The highest BCUT2D eigenvalue weighted by Gasteiger charge is 2.42. The fraction of sp³-hybridized carbons (Fsp3) is 0.0690. The van der Waals surface area contributed by atoms with E-state index in [2.05, 4.69) is 20.9 Å². The smallest absolute Gasteiger partial charge is 0.416 e. The molecule has 4 aromatic rings. The molecule has 0 saturated carbocycles. The summed E-state index contributed by atoms with van der Waals surface area (Å²) in [6.07, 6.45) is -4.68. The third kappa shape index (κ3) is 5.61. The van der Waals surface area contributed by atoms with Gasteiger partial charge in [0, 0.05) is 5.69 Å². The Morgan fingerprint density at radius 3 is 2.29 bits per heavy atom. The topological polar surface area (TPSA) is 149 Å². The van der Waals surface area contributed by atoms with Crippen molar-refractivity contribution in [3.05, 3.63) is 102 Å². The number of anilines is 2. The van der Waals surface area contributed by atoms with Crippen LogP contribution in [0.15, 0.2) is 101 Å². The maximum Gasteiger partial charge on any atom is 0.416 e. The first-order chi connectivity index (χ1) is 20.0. The molecule has 42 heavy (non-hydrogen) atoms. The maximum atomic E-state index is 13.4. The molecule has 5 N–H and O–H groups in total. The molecule has 4 aromatic carbocycles. The van der Waals surface area contributed by atoms with Gasteiger partial charge in [0.25, 0.3) is 17.7 Å². The molecule has 0 spiro atoms. The molecule has 3 amide bonds. The molecular weight excluding hydrogens is 553 g/mol. The Morgan fingerprint density at radius 1 is 0.929 bits per heavy atom. The number of fused-ring (bicyclic) bond motifs is 1. The second-order valence-corrected chi connectivity index (χ2v) is 9.13. The first-order valence-electron chi connectivity index (χ1n) is 12.3. The number of para-hydroxylation sites is 1. The Morgan fingerprint density at radius 2 is 1.60 bits per heavy atom. The quantitative estimate of drug-likeness (QED) is 0.201. The Bertz CT molecular complexity index is 1770. The molecule has 0 fully saturated rings. The first-order valence-corrected chi connectivity index (χ1v) is 12.3. The average molecular weight is 575 g/mol. The van der Waals surface area contributed by atoms with Crippen LogP contribution in [0.3, 0.4) is 0 Å². The number of nitrogens with zero attached hydrogens (tertiary/aromatic N) is 3. The van der Waals surface area contributed by atoms with Crippen molar-refractivity contribution in [2.24, 2.45) is 21.9 Å². The SMILES string of the molecule is NC1=NN(c2ccccc2)C(=O)C1/C(=N\NC(=O)c1cc2ccccc2cc1O)C(=O)Nc1cccc(C(F)(F)F)c1. The van der Waals surface area contributed by atoms with Gasteiger partial charge in [-0.2, -0.15) is 28.4 Å². The van der Waals surface area contributed by atoms with E-state index in [0.29, 0.717) is 22.5 Å². The normalized spacial score (nSPS) is 15.5. The summed E-state index contributed by atoms with van der Waals surface area (Å²) in [7, 11) is 0. The molecule has 0 aromatic heterocycles. The zero-order valence-corrected chi connectivity index (χ0v) is 21.5. The molecule has 212 valence electrons. The van der Waals surface area contributed by atoms with Gasteiger partial charge in [-0.05, 0) is 53.2 Å². The van der Waals surface area contributed by atoms with E-state index >= 15 is 0 Å². The van der Waals surface area contributed by atoms with Crippen LogP contribution in [0.4, 0.5) is 24.5 Å². The predicted molar refractivity (Wildman–Crippen MR) is 150 cm³/mol. The molecule has 1 unspecified atom stereocenters. The number of carbonyl (C=O) groups is 3. The highest BCUT2D eigenvalue weighted by atomic mass is 19.4. The van der Waals surface area contributed by atoms with Crippen molar-refractivity contribution >= 4 is 51.4 Å². The van der Waals surface area contributed by atoms with Crippen molar-refractivity contribution in [2.45, 2.75) is 6.18 Å². The van der Waals surface area contributed by atoms with Gasteiger partial charge in [0.1, 0.15) is 23.2 Å². The summed E-state index contributed by atoms with van der Waals surface area (Å²) in [5.41, 5.74) is 6.42. The van der Waals surface area contributed by atoms with E-state index in [1.54, 1.807) is 54.6 Å². The van der Waals surface area contributed by atoms with Crippen molar-refractivity contribution in [2.75, 3.05) is 10.3 Å². The van der Waals surface area contributed by atoms with Gasteiger partial charge in [-0.25, -0.2) is 5.43 Å². The summed E-state index contributed by atoms with van der Waals surface area (Å²) in [5, 5.41) is 22.8. The number of halogens is 3. The fourth-order valence-corrected chi connectivity index (χ4v) is 4.28. The molecule has 1 atom stereocenters. The zero-order valence-electron chi connectivity index (χ0n) is 21.5.